The number of hydrogen-bond acceptors (Lipinski definition) is 6. The number of aryl methyl sites for hydroxylation is 1. The fraction of sp³-hybridized carbons (Fsp3) is 0.320. The molecule has 34 heavy (non-hydrogen) atoms. The van der Waals surface area contributed by atoms with Gasteiger partial charge in [0, 0.05) is 31.8 Å². The van der Waals surface area contributed by atoms with Crippen LogP contribution in [0.5, 0.6) is 11.5 Å². The number of likely N-dealkylation sites (tertiary alicyclic amines) is 1. The molecule has 2 heterocycles. The zero-order chi connectivity index (χ0) is 24.2. The van der Waals surface area contributed by atoms with Gasteiger partial charge < -0.3 is 25.6 Å². The third kappa shape index (κ3) is 5.20. The molecule has 1 saturated heterocycles. The van der Waals surface area contributed by atoms with E-state index in [1.165, 1.54) is 0 Å². The molecule has 1 atom stereocenters. The second kappa shape index (κ2) is 9.96. The third-order valence-electron chi connectivity index (χ3n) is 5.74. The molecule has 0 spiro atoms. The van der Waals surface area contributed by atoms with Gasteiger partial charge in [0.1, 0.15) is 11.5 Å². The second-order valence-corrected chi connectivity index (χ2v) is 8.80. The zero-order valence-electron chi connectivity index (χ0n) is 19.7. The number of aromatic amines is 1. The van der Waals surface area contributed by atoms with Gasteiger partial charge in [-0.15, -0.1) is 0 Å². The Hall–Kier alpha value is -3.85. The molecule has 0 radical (unpaired) electrons. The largest absolute Gasteiger partial charge is 0.456 e. The van der Waals surface area contributed by atoms with Crippen LogP contribution in [0.1, 0.15) is 22.3 Å². The van der Waals surface area contributed by atoms with E-state index in [4.69, 9.17) is 10.5 Å². The predicted octanol–water partition coefficient (Wildman–Crippen LogP) is 2.89. The average molecular weight is 463 g/mol. The van der Waals surface area contributed by atoms with Crippen LogP contribution in [0.4, 0.5) is 5.82 Å². The normalized spacial score (nSPS) is 16.0. The van der Waals surface area contributed by atoms with Crippen LogP contribution in [0.15, 0.2) is 48.6 Å². The summed E-state index contributed by atoms with van der Waals surface area (Å²) >= 11 is 0. The number of fused-ring (bicyclic) bond motifs is 1. The summed E-state index contributed by atoms with van der Waals surface area (Å²) in [5, 5.41) is 11.7. The molecule has 2 amide bonds. The Morgan fingerprint density at radius 1 is 1.29 bits per heavy atom. The average Bonchev–Trinajstić information content (AvgIpc) is 3.43. The van der Waals surface area contributed by atoms with E-state index in [2.05, 4.69) is 15.5 Å². The summed E-state index contributed by atoms with van der Waals surface area (Å²) in [5.41, 5.74) is 7.60. The lowest BCUT2D eigenvalue weighted by Gasteiger charge is -2.16. The maximum atomic E-state index is 12.5. The SMILES string of the molecule is Cc1ccc(Oc2cccc3[nH]nc(N[C@@H]4CCN(C(=O)/C=C/CN(C)C)C4)c23)c(C(N)=O)c1. The number of H-pyrrole nitrogens is 1. The van der Waals surface area contributed by atoms with E-state index >= 15 is 0 Å². The number of hydrogen-bond donors (Lipinski definition) is 3. The first kappa shape index (κ1) is 23.3. The van der Waals surface area contributed by atoms with Crippen LogP contribution in [0.3, 0.4) is 0 Å². The van der Waals surface area contributed by atoms with Gasteiger partial charge in [-0.05, 0) is 51.7 Å². The first-order valence-corrected chi connectivity index (χ1v) is 11.2. The van der Waals surface area contributed by atoms with Crippen molar-refractivity contribution in [2.75, 3.05) is 39.0 Å². The van der Waals surface area contributed by atoms with Crippen LogP contribution in [-0.4, -0.2) is 71.6 Å². The Labute approximate surface area is 198 Å². The minimum atomic E-state index is -0.549. The van der Waals surface area contributed by atoms with Crippen LogP contribution in [-0.2, 0) is 4.79 Å². The Bertz CT molecular complexity index is 1230. The van der Waals surface area contributed by atoms with Crippen molar-refractivity contribution in [3.05, 3.63) is 59.7 Å². The molecule has 0 bridgehead atoms. The molecular formula is C25H30N6O3. The highest BCUT2D eigenvalue weighted by atomic mass is 16.5. The number of aromatic nitrogens is 2. The van der Waals surface area contributed by atoms with Gasteiger partial charge in [0.25, 0.3) is 5.91 Å². The summed E-state index contributed by atoms with van der Waals surface area (Å²) in [4.78, 5) is 28.2. The van der Waals surface area contributed by atoms with E-state index in [0.717, 1.165) is 29.4 Å². The molecule has 178 valence electrons. The van der Waals surface area contributed by atoms with Crippen molar-refractivity contribution in [1.29, 1.82) is 0 Å². The van der Waals surface area contributed by atoms with Crippen LogP contribution >= 0.6 is 0 Å². The molecule has 0 unspecified atom stereocenters. The molecule has 0 saturated carbocycles. The highest BCUT2D eigenvalue weighted by Gasteiger charge is 2.26. The van der Waals surface area contributed by atoms with Crippen molar-refractivity contribution in [3.63, 3.8) is 0 Å². The molecule has 4 N–H and O–H groups in total. The summed E-state index contributed by atoms with van der Waals surface area (Å²) in [6.07, 6.45) is 4.32. The monoisotopic (exact) mass is 462 g/mol. The summed E-state index contributed by atoms with van der Waals surface area (Å²) < 4.78 is 6.15. The van der Waals surface area contributed by atoms with Crippen LogP contribution in [0.25, 0.3) is 10.9 Å². The Balaban J connectivity index is 1.52. The van der Waals surface area contributed by atoms with E-state index < -0.39 is 5.91 Å². The van der Waals surface area contributed by atoms with Gasteiger partial charge >= 0.3 is 0 Å². The quantitative estimate of drug-likeness (QED) is 0.443. The van der Waals surface area contributed by atoms with Crippen LogP contribution < -0.4 is 15.8 Å². The minimum absolute atomic E-state index is 0.0143. The molecule has 2 aromatic carbocycles. The van der Waals surface area contributed by atoms with Crippen molar-refractivity contribution < 1.29 is 14.3 Å². The topological polar surface area (TPSA) is 117 Å². The second-order valence-electron chi connectivity index (χ2n) is 8.80. The van der Waals surface area contributed by atoms with Gasteiger partial charge in [-0.1, -0.05) is 23.8 Å². The maximum absolute atomic E-state index is 12.5. The van der Waals surface area contributed by atoms with Crippen molar-refractivity contribution in [2.24, 2.45) is 5.73 Å². The zero-order valence-corrected chi connectivity index (χ0v) is 19.7. The molecule has 1 fully saturated rings. The van der Waals surface area contributed by atoms with Crippen LogP contribution in [0.2, 0.25) is 0 Å². The van der Waals surface area contributed by atoms with Crippen molar-refractivity contribution in [3.8, 4) is 11.5 Å². The summed E-state index contributed by atoms with van der Waals surface area (Å²) in [6, 6.07) is 11.0. The van der Waals surface area contributed by atoms with Crippen molar-refractivity contribution in [2.45, 2.75) is 19.4 Å². The van der Waals surface area contributed by atoms with Crippen molar-refractivity contribution >= 4 is 28.5 Å². The molecule has 1 aromatic heterocycles. The number of ether oxygens (including phenoxy) is 1. The summed E-state index contributed by atoms with van der Waals surface area (Å²) in [7, 11) is 3.93. The van der Waals surface area contributed by atoms with Gasteiger partial charge in [-0.3, -0.25) is 14.7 Å². The number of rotatable bonds is 8. The lowest BCUT2D eigenvalue weighted by atomic mass is 10.1. The molecule has 3 aromatic rings. The standard InChI is InChI=1S/C25H30N6O3/c1-16-9-10-20(18(14-16)24(26)33)34-21-7-4-6-19-23(21)25(29-28-19)27-17-11-13-31(15-17)22(32)8-5-12-30(2)3/h4-10,14,17H,11-13,15H2,1-3H3,(H2,26,33)(H2,27,28,29)/b8-5+/t17-/m1/s1. The highest BCUT2D eigenvalue weighted by molar-refractivity contribution is 5.98. The highest BCUT2D eigenvalue weighted by Crippen LogP contribution is 2.35. The number of primary amides is 1. The Morgan fingerprint density at radius 2 is 2.12 bits per heavy atom. The Kier molecular flexibility index (Phi) is 6.83. The molecular weight excluding hydrogens is 432 g/mol. The fourth-order valence-corrected chi connectivity index (χ4v) is 4.02. The smallest absolute Gasteiger partial charge is 0.252 e. The number of carbonyl (C=O) groups excluding carboxylic acids is 2. The number of likely N-dealkylation sites (N-methyl/N-ethyl adjacent to an activating group) is 1. The number of nitrogens with zero attached hydrogens (tertiary/aromatic N) is 3. The van der Waals surface area contributed by atoms with E-state index in [1.807, 2.05) is 61.2 Å². The first-order chi connectivity index (χ1) is 16.3. The predicted molar refractivity (Wildman–Crippen MR) is 132 cm³/mol. The molecule has 0 aliphatic carbocycles. The number of carbonyl (C=O) groups is 2. The third-order valence-corrected chi connectivity index (χ3v) is 5.74. The number of nitrogens with two attached hydrogens (primary N) is 1. The van der Waals surface area contributed by atoms with E-state index in [1.54, 1.807) is 18.2 Å². The number of anilines is 1. The van der Waals surface area contributed by atoms with E-state index in [9.17, 15) is 9.59 Å². The van der Waals surface area contributed by atoms with Gasteiger partial charge in [0.15, 0.2) is 5.82 Å². The molecule has 4 rings (SSSR count). The van der Waals surface area contributed by atoms with Crippen molar-refractivity contribution in [1.82, 2.24) is 20.0 Å². The molecule has 1 aliphatic rings. The first-order valence-electron chi connectivity index (χ1n) is 11.2. The minimum Gasteiger partial charge on any atom is -0.456 e. The van der Waals surface area contributed by atoms with E-state index in [-0.39, 0.29) is 11.9 Å². The molecule has 9 nitrogen and oxygen atoms in total. The van der Waals surface area contributed by atoms with E-state index in [0.29, 0.717) is 36.0 Å². The van der Waals surface area contributed by atoms with Gasteiger partial charge in [-0.25, -0.2) is 0 Å². The lowest BCUT2D eigenvalue weighted by molar-refractivity contribution is -0.125. The molecule has 1 aliphatic heterocycles. The van der Waals surface area contributed by atoms with Gasteiger partial charge in [-0.2, -0.15) is 5.10 Å². The maximum Gasteiger partial charge on any atom is 0.252 e. The number of amides is 2. The fourth-order valence-electron chi connectivity index (χ4n) is 4.02. The van der Waals surface area contributed by atoms with Crippen LogP contribution in [0, 0.1) is 6.92 Å². The number of benzene rings is 2. The van der Waals surface area contributed by atoms with Gasteiger partial charge in [0.2, 0.25) is 5.91 Å². The lowest BCUT2D eigenvalue weighted by Crippen LogP contribution is -2.30. The molecule has 9 heteroatoms. The number of nitrogens with one attached hydrogen (secondary N) is 2. The summed E-state index contributed by atoms with van der Waals surface area (Å²) in [6.45, 7) is 3.89. The summed E-state index contributed by atoms with van der Waals surface area (Å²) in [5.74, 6) is 1.05. The Morgan fingerprint density at radius 3 is 2.88 bits per heavy atom. The van der Waals surface area contributed by atoms with Gasteiger partial charge in [0.05, 0.1) is 16.5 Å².